The molecule has 112 valence electrons. The third-order valence-corrected chi connectivity index (χ3v) is 3.45. The van der Waals surface area contributed by atoms with Crippen LogP contribution in [0.1, 0.15) is 50.4 Å². The van der Waals surface area contributed by atoms with E-state index in [9.17, 15) is 0 Å². The summed E-state index contributed by atoms with van der Waals surface area (Å²) in [5.41, 5.74) is 3.43. The first-order chi connectivity index (χ1) is 9.61. The molecule has 0 aliphatic carbocycles. The van der Waals surface area contributed by atoms with Crippen molar-refractivity contribution in [3.63, 3.8) is 0 Å². The molecule has 1 aliphatic heterocycles. The van der Waals surface area contributed by atoms with E-state index in [0.29, 0.717) is 18.3 Å². The minimum absolute atomic E-state index is 0.162. The lowest BCUT2D eigenvalue weighted by molar-refractivity contribution is -0.0121. The maximum Gasteiger partial charge on any atom is 0.221 e. The Labute approximate surface area is 120 Å². The number of nitrogens with zero attached hydrogens (tertiary/aromatic N) is 2. The normalized spacial score (nSPS) is 19.1. The zero-order valence-corrected chi connectivity index (χ0v) is 12.5. The summed E-state index contributed by atoms with van der Waals surface area (Å²) in [5.74, 6) is 7.65. The van der Waals surface area contributed by atoms with Gasteiger partial charge in [-0.15, -0.1) is 0 Å². The predicted octanol–water partition coefficient (Wildman–Crippen LogP) is 2.14. The van der Waals surface area contributed by atoms with E-state index in [0.717, 1.165) is 30.8 Å². The second-order valence-electron chi connectivity index (χ2n) is 5.46. The average Bonchev–Trinajstić information content (AvgIpc) is 2.47. The van der Waals surface area contributed by atoms with Crippen molar-refractivity contribution in [3.05, 3.63) is 11.4 Å². The van der Waals surface area contributed by atoms with Crippen LogP contribution >= 0.6 is 0 Å². The first-order valence-electron chi connectivity index (χ1n) is 7.21. The fourth-order valence-corrected chi connectivity index (χ4v) is 2.16. The number of hydrogen-bond acceptors (Lipinski definition) is 6. The van der Waals surface area contributed by atoms with Crippen LogP contribution in [0.25, 0.3) is 0 Å². The lowest BCUT2D eigenvalue weighted by atomic mass is 10.1. The van der Waals surface area contributed by atoms with E-state index in [4.69, 9.17) is 15.3 Å². The van der Waals surface area contributed by atoms with Crippen LogP contribution in [0.4, 0.5) is 5.82 Å². The summed E-state index contributed by atoms with van der Waals surface area (Å²) >= 11 is 0. The monoisotopic (exact) mass is 280 g/mol. The van der Waals surface area contributed by atoms with Crippen molar-refractivity contribution < 1.29 is 9.47 Å². The molecule has 0 radical (unpaired) electrons. The molecule has 2 heterocycles. The number of hydrogen-bond donors (Lipinski definition) is 2. The highest BCUT2D eigenvalue weighted by molar-refractivity contribution is 5.47. The van der Waals surface area contributed by atoms with Gasteiger partial charge in [0.15, 0.2) is 0 Å². The molecule has 0 saturated carbocycles. The maximum atomic E-state index is 5.84. The van der Waals surface area contributed by atoms with Gasteiger partial charge in [-0.1, -0.05) is 13.8 Å². The van der Waals surface area contributed by atoms with Gasteiger partial charge in [-0.2, -0.15) is 4.98 Å². The second-order valence-corrected chi connectivity index (χ2v) is 5.46. The quantitative estimate of drug-likeness (QED) is 0.635. The molecule has 1 aliphatic rings. The van der Waals surface area contributed by atoms with Crippen LogP contribution in [-0.2, 0) is 4.74 Å². The highest BCUT2D eigenvalue weighted by Gasteiger charge is 2.18. The SMILES string of the molecule is Cc1c(NN)nc(C(C)C)nc1OCC1CCCCO1. The minimum atomic E-state index is 0.162. The Balaban J connectivity index is 2.10. The van der Waals surface area contributed by atoms with Crippen LogP contribution in [0, 0.1) is 6.92 Å². The van der Waals surface area contributed by atoms with E-state index in [-0.39, 0.29) is 12.0 Å². The lowest BCUT2D eigenvalue weighted by Gasteiger charge is -2.23. The van der Waals surface area contributed by atoms with E-state index >= 15 is 0 Å². The molecule has 1 aromatic rings. The van der Waals surface area contributed by atoms with E-state index < -0.39 is 0 Å². The summed E-state index contributed by atoms with van der Waals surface area (Å²) in [5, 5.41) is 0. The van der Waals surface area contributed by atoms with Gasteiger partial charge < -0.3 is 14.9 Å². The molecule has 0 spiro atoms. The molecule has 3 N–H and O–H groups in total. The fourth-order valence-electron chi connectivity index (χ4n) is 2.16. The highest BCUT2D eigenvalue weighted by Crippen LogP contribution is 2.25. The molecule has 1 aromatic heterocycles. The first kappa shape index (κ1) is 15.0. The first-order valence-corrected chi connectivity index (χ1v) is 7.21. The Hall–Kier alpha value is -1.40. The number of nitrogens with one attached hydrogen (secondary N) is 1. The molecule has 1 fully saturated rings. The van der Waals surface area contributed by atoms with Crippen molar-refractivity contribution >= 4 is 5.82 Å². The number of rotatable bonds is 5. The van der Waals surface area contributed by atoms with E-state index in [1.165, 1.54) is 6.42 Å². The van der Waals surface area contributed by atoms with Crippen LogP contribution in [0.15, 0.2) is 0 Å². The van der Waals surface area contributed by atoms with Gasteiger partial charge in [0.1, 0.15) is 18.2 Å². The third-order valence-electron chi connectivity index (χ3n) is 3.45. The van der Waals surface area contributed by atoms with E-state index in [1.54, 1.807) is 0 Å². The Bertz CT molecular complexity index is 445. The largest absolute Gasteiger partial charge is 0.475 e. The van der Waals surface area contributed by atoms with Crippen LogP contribution < -0.4 is 16.0 Å². The Morgan fingerprint density at radius 1 is 1.40 bits per heavy atom. The van der Waals surface area contributed by atoms with Gasteiger partial charge >= 0.3 is 0 Å². The number of aromatic nitrogens is 2. The molecule has 1 atom stereocenters. The van der Waals surface area contributed by atoms with E-state index in [2.05, 4.69) is 15.4 Å². The topological polar surface area (TPSA) is 82.3 Å². The number of anilines is 1. The molecule has 6 heteroatoms. The Morgan fingerprint density at radius 2 is 2.20 bits per heavy atom. The standard InChI is InChI=1S/C14H24N4O2/c1-9(2)12-16-13(18-15)10(3)14(17-12)20-8-11-6-4-5-7-19-11/h9,11H,4-8,15H2,1-3H3,(H,16,17,18). The van der Waals surface area contributed by atoms with Crippen molar-refractivity contribution in [3.8, 4) is 5.88 Å². The van der Waals surface area contributed by atoms with Crippen LogP contribution in [0.2, 0.25) is 0 Å². The van der Waals surface area contributed by atoms with E-state index in [1.807, 2.05) is 20.8 Å². The van der Waals surface area contributed by atoms with Gasteiger partial charge in [0.05, 0.1) is 11.7 Å². The summed E-state index contributed by atoms with van der Waals surface area (Å²) in [7, 11) is 0. The average molecular weight is 280 g/mol. The van der Waals surface area contributed by atoms with Crippen molar-refractivity contribution in [2.75, 3.05) is 18.6 Å². The van der Waals surface area contributed by atoms with Crippen molar-refractivity contribution in [1.29, 1.82) is 0 Å². The second kappa shape index (κ2) is 6.85. The Morgan fingerprint density at radius 3 is 2.80 bits per heavy atom. The minimum Gasteiger partial charge on any atom is -0.475 e. The smallest absolute Gasteiger partial charge is 0.221 e. The third kappa shape index (κ3) is 3.58. The summed E-state index contributed by atoms with van der Waals surface area (Å²) < 4.78 is 11.5. The number of nitrogens with two attached hydrogens (primary N) is 1. The predicted molar refractivity (Wildman–Crippen MR) is 77.8 cm³/mol. The molecule has 1 unspecified atom stereocenters. The zero-order valence-electron chi connectivity index (χ0n) is 12.5. The molecule has 20 heavy (non-hydrogen) atoms. The Kier molecular flexibility index (Phi) is 5.14. The molecule has 6 nitrogen and oxygen atoms in total. The number of ether oxygens (including phenoxy) is 2. The van der Waals surface area contributed by atoms with Gasteiger partial charge in [0.25, 0.3) is 0 Å². The zero-order chi connectivity index (χ0) is 14.5. The van der Waals surface area contributed by atoms with Crippen LogP contribution in [0.3, 0.4) is 0 Å². The highest BCUT2D eigenvalue weighted by atomic mass is 16.5. The maximum absolute atomic E-state index is 5.84. The fraction of sp³-hybridized carbons (Fsp3) is 0.714. The molecule has 0 amide bonds. The summed E-state index contributed by atoms with van der Waals surface area (Å²) in [6.45, 7) is 7.33. The molecular formula is C14H24N4O2. The summed E-state index contributed by atoms with van der Waals surface area (Å²) in [6.07, 6.45) is 3.55. The molecular weight excluding hydrogens is 256 g/mol. The van der Waals surface area contributed by atoms with Gasteiger partial charge in [-0.3, -0.25) is 0 Å². The number of nitrogen functional groups attached to an aromatic ring is 1. The van der Waals surface area contributed by atoms with Gasteiger partial charge in [-0.05, 0) is 26.2 Å². The van der Waals surface area contributed by atoms with Crippen molar-refractivity contribution in [2.45, 2.75) is 52.1 Å². The van der Waals surface area contributed by atoms with Crippen LogP contribution in [-0.4, -0.2) is 29.3 Å². The number of hydrazine groups is 1. The summed E-state index contributed by atoms with van der Waals surface area (Å²) in [4.78, 5) is 8.87. The van der Waals surface area contributed by atoms with Gasteiger partial charge in [0.2, 0.25) is 5.88 Å². The van der Waals surface area contributed by atoms with Gasteiger partial charge in [-0.25, -0.2) is 10.8 Å². The molecule has 1 saturated heterocycles. The van der Waals surface area contributed by atoms with Crippen molar-refractivity contribution in [2.24, 2.45) is 5.84 Å². The molecule has 0 bridgehead atoms. The summed E-state index contributed by atoms with van der Waals surface area (Å²) in [6, 6.07) is 0. The molecule has 0 aromatic carbocycles. The van der Waals surface area contributed by atoms with Crippen LogP contribution in [0.5, 0.6) is 5.88 Å². The van der Waals surface area contributed by atoms with Gasteiger partial charge in [0, 0.05) is 12.5 Å². The molecule has 2 rings (SSSR count). The van der Waals surface area contributed by atoms with Crippen molar-refractivity contribution in [1.82, 2.24) is 9.97 Å². The lowest BCUT2D eigenvalue weighted by Crippen LogP contribution is -2.26.